The van der Waals surface area contributed by atoms with Gasteiger partial charge >= 0.3 is 0 Å². The predicted octanol–water partition coefficient (Wildman–Crippen LogP) is 3.48. The number of halogens is 1. The zero-order valence-corrected chi connectivity index (χ0v) is 9.09. The third kappa shape index (κ3) is 2.10. The van der Waals surface area contributed by atoms with Crippen molar-refractivity contribution < 1.29 is 5.11 Å². The first-order valence-corrected chi connectivity index (χ1v) is 5.49. The average molecular weight is 211 g/mol. The fourth-order valence-corrected chi connectivity index (χ4v) is 1.96. The van der Waals surface area contributed by atoms with Crippen LogP contribution < -0.4 is 0 Å². The summed E-state index contributed by atoms with van der Waals surface area (Å²) in [5, 5.41) is 10.7. The highest BCUT2D eigenvalue weighted by atomic mass is 35.5. The van der Waals surface area contributed by atoms with E-state index in [0.29, 0.717) is 0 Å². The molecule has 0 radical (unpaired) electrons. The van der Waals surface area contributed by atoms with Crippen LogP contribution in [0.4, 0.5) is 0 Å². The molecule has 0 aliphatic heterocycles. The van der Waals surface area contributed by atoms with Gasteiger partial charge in [-0.15, -0.1) is 0 Å². The van der Waals surface area contributed by atoms with Crippen LogP contribution in [0.5, 0.6) is 0 Å². The molecule has 14 heavy (non-hydrogen) atoms. The van der Waals surface area contributed by atoms with Crippen molar-refractivity contribution in [2.75, 3.05) is 0 Å². The number of aliphatic hydroxyl groups excluding tert-OH is 1. The highest BCUT2D eigenvalue weighted by Crippen LogP contribution is 2.38. The minimum absolute atomic E-state index is 0.332. The normalized spacial score (nSPS) is 18.2. The smallest absolute Gasteiger partial charge is 0.0795 e. The van der Waals surface area contributed by atoms with Gasteiger partial charge in [0.25, 0.3) is 0 Å². The highest BCUT2D eigenvalue weighted by Gasteiger charge is 2.25. The molecule has 0 saturated heterocycles. The quantitative estimate of drug-likeness (QED) is 0.810. The van der Waals surface area contributed by atoms with Crippen LogP contribution >= 0.6 is 11.6 Å². The number of hydrogen-bond acceptors (Lipinski definition) is 1. The van der Waals surface area contributed by atoms with Gasteiger partial charge in [0.2, 0.25) is 0 Å². The molecule has 1 N–H and O–H groups in total. The molecule has 1 fully saturated rings. The van der Waals surface area contributed by atoms with E-state index in [1.165, 1.54) is 12.8 Å². The lowest BCUT2D eigenvalue weighted by Gasteiger charge is -2.13. The first kappa shape index (κ1) is 10.0. The lowest BCUT2D eigenvalue weighted by molar-refractivity contribution is 0.159. The minimum atomic E-state index is -0.332. The molecule has 0 spiro atoms. The Morgan fingerprint density at radius 2 is 2.21 bits per heavy atom. The molecule has 1 unspecified atom stereocenters. The van der Waals surface area contributed by atoms with E-state index in [4.69, 9.17) is 11.6 Å². The monoisotopic (exact) mass is 210 g/mol. The van der Waals surface area contributed by atoms with Gasteiger partial charge in [0.05, 0.1) is 6.10 Å². The maximum atomic E-state index is 9.98. The highest BCUT2D eigenvalue weighted by molar-refractivity contribution is 6.31. The van der Waals surface area contributed by atoms with Crippen molar-refractivity contribution in [3.63, 3.8) is 0 Å². The molecule has 2 rings (SSSR count). The van der Waals surface area contributed by atoms with Crippen LogP contribution in [0.3, 0.4) is 0 Å². The van der Waals surface area contributed by atoms with Crippen LogP contribution in [-0.4, -0.2) is 5.11 Å². The second-order valence-corrected chi connectivity index (χ2v) is 4.56. The van der Waals surface area contributed by atoms with Gasteiger partial charge in [-0.25, -0.2) is 0 Å². The fraction of sp³-hybridized carbons (Fsp3) is 0.500. The number of rotatable bonds is 3. The molecule has 1 nitrogen and oxygen atoms in total. The Bertz CT molecular complexity index is 331. The van der Waals surface area contributed by atoms with Gasteiger partial charge < -0.3 is 5.11 Å². The predicted molar refractivity (Wildman–Crippen MR) is 58.5 cm³/mol. The molecule has 2 heteroatoms. The van der Waals surface area contributed by atoms with Crippen LogP contribution in [0.25, 0.3) is 0 Å². The van der Waals surface area contributed by atoms with E-state index in [0.717, 1.165) is 28.5 Å². The van der Waals surface area contributed by atoms with E-state index in [-0.39, 0.29) is 6.10 Å². The summed E-state index contributed by atoms with van der Waals surface area (Å²) >= 11 is 6.00. The van der Waals surface area contributed by atoms with E-state index in [1.54, 1.807) is 0 Å². The first-order chi connectivity index (χ1) is 6.68. The summed E-state index contributed by atoms with van der Waals surface area (Å²) in [6.45, 7) is 1.97. The van der Waals surface area contributed by atoms with Crippen molar-refractivity contribution in [3.05, 3.63) is 34.3 Å². The van der Waals surface area contributed by atoms with E-state index < -0.39 is 0 Å². The number of aliphatic hydroxyl groups is 1. The van der Waals surface area contributed by atoms with Gasteiger partial charge in [0.15, 0.2) is 0 Å². The standard InChI is InChI=1S/C12H15ClO/c1-8-10(3-2-4-11(8)13)12(14)7-9-5-6-9/h2-4,9,12,14H,5-7H2,1H3. The largest absolute Gasteiger partial charge is 0.388 e. The summed E-state index contributed by atoms with van der Waals surface area (Å²) in [5.41, 5.74) is 2.01. The molecular weight excluding hydrogens is 196 g/mol. The zero-order chi connectivity index (χ0) is 10.1. The average Bonchev–Trinajstić information content (AvgIpc) is 2.93. The van der Waals surface area contributed by atoms with E-state index >= 15 is 0 Å². The maximum absolute atomic E-state index is 9.98. The van der Waals surface area contributed by atoms with Gasteiger partial charge in [-0.3, -0.25) is 0 Å². The Morgan fingerprint density at radius 1 is 1.50 bits per heavy atom. The Balaban J connectivity index is 2.16. The molecule has 1 aliphatic carbocycles. The number of hydrogen-bond donors (Lipinski definition) is 1. The Morgan fingerprint density at radius 3 is 2.86 bits per heavy atom. The Kier molecular flexibility index (Phi) is 2.80. The third-order valence-corrected chi connectivity index (χ3v) is 3.33. The molecule has 0 heterocycles. The second kappa shape index (κ2) is 3.92. The van der Waals surface area contributed by atoms with E-state index in [2.05, 4.69) is 0 Å². The van der Waals surface area contributed by atoms with E-state index in [1.807, 2.05) is 25.1 Å². The molecule has 1 atom stereocenters. The first-order valence-electron chi connectivity index (χ1n) is 5.11. The third-order valence-electron chi connectivity index (χ3n) is 2.92. The van der Waals surface area contributed by atoms with Gasteiger partial charge in [0.1, 0.15) is 0 Å². The van der Waals surface area contributed by atoms with Crippen molar-refractivity contribution in [1.29, 1.82) is 0 Å². The maximum Gasteiger partial charge on any atom is 0.0795 e. The van der Waals surface area contributed by atoms with Crippen molar-refractivity contribution >= 4 is 11.6 Å². The van der Waals surface area contributed by atoms with Gasteiger partial charge in [-0.05, 0) is 36.5 Å². The molecule has 76 valence electrons. The van der Waals surface area contributed by atoms with Crippen molar-refractivity contribution in [1.82, 2.24) is 0 Å². The van der Waals surface area contributed by atoms with Gasteiger partial charge in [-0.2, -0.15) is 0 Å². The van der Waals surface area contributed by atoms with Gasteiger partial charge in [0, 0.05) is 5.02 Å². The molecule has 1 aromatic rings. The summed E-state index contributed by atoms with van der Waals surface area (Å²) in [4.78, 5) is 0. The fourth-order valence-electron chi connectivity index (χ4n) is 1.78. The molecular formula is C12H15ClO. The van der Waals surface area contributed by atoms with Crippen LogP contribution in [0.15, 0.2) is 18.2 Å². The Labute approximate surface area is 89.7 Å². The summed E-state index contributed by atoms with van der Waals surface area (Å²) in [5.74, 6) is 0.739. The molecule has 1 saturated carbocycles. The molecule has 1 aromatic carbocycles. The second-order valence-electron chi connectivity index (χ2n) is 4.15. The van der Waals surface area contributed by atoms with Crippen LogP contribution in [0, 0.1) is 12.8 Å². The molecule has 0 amide bonds. The topological polar surface area (TPSA) is 20.2 Å². The lowest BCUT2D eigenvalue weighted by atomic mass is 9.99. The summed E-state index contributed by atoms with van der Waals surface area (Å²) in [6, 6.07) is 5.74. The zero-order valence-electron chi connectivity index (χ0n) is 8.33. The van der Waals surface area contributed by atoms with Gasteiger partial charge in [-0.1, -0.05) is 36.6 Å². The van der Waals surface area contributed by atoms with Crippen molar-refractivity contribution in [2.45, 2.75) is 32.3 Å². The molecule has 0 bridgehead atoms. The number of benzene rings is 1. The summed E-state index contributed by atoms with van der Waals surface area (Å²) < 4.78 is 0. The Hall–Kier alpha value is -0.530. The minimum Gasteiger partial charge on any atom is -0.388 e. The summed E-state index contributed by atoms with van der Waals surface area (Å²) in [6.07, 6.45) is 3.11. The molecule has 1 aliphatic rings. The van der Waals surface area contributed by atoms with E-state index in [9.17, 15) is 5.11 Å². The van der Waals surface area contributed by atoms with Crippen LogP contribution in [0.2, 0.25) is 5.02 Å². The summed E-state index contributed by atoms with van der Waals surface area (Å²) in [7, 11) is 0. The van der Waals surface area contributed by atoms with Crippen molar-refractivity contribution in [2.24, 2.45) is 5.92 Å². The van der Waals surface area contributed by atoms with Crippen molar-refractivity contribution in [3.8, 4) is 0 Å². The SMILES string of the molecule is Cc1c(Cl)cccc1C(O)CC1CC1. The molecule has 0 aromatic heterocycles. The lowest BCUT2D eigenvalue weighted by Crippen LogP contribution is -2.01. The van der Waals surface area contributed by atoms with Crippen LogP contribution in [-0.2, 0) is 0 Å². The van der Waals surface area contributed by atoms with Crippen LogP contribution in [0.1, 0.15) is 36.5 Å².